The fourth-order valence-electron chi connectivity index (χ4n) is 1.09. The monoisotopic (exact) mass is 167 g/mol. The maximum Gasteiger partial charge on any atom is 0.0832 e. The molecule has 0 aliphatic rings. The molecule has 68 valence electrons. The van der Waals surface area contributed by atoms with Gasteiger partial charge >= 0.3 is 0 Å². The Kier molecular flexibility index (Phi) is 2.50. The van der Waals surface area contributed by atoms with E-state index >= 15 is 0 Å². The van der Waals surface area contributed by atoms with Crippen LogP contribution in [0.3, 0.4) is 0 Å². The van der Waals surface area contributed by atoms with Gasteiger partial charge in [-0.2, -0.15) is 0 Å². The summed E-state index contributed by atoms with van der Waals surface area (Å²) in [4.78, 5) is 0. The van der Waals surface area contributed by atoms with Crippen molar-refractivity contribution in [3.8, 4) is 0 Å². The van der Waals surface area contributed by atoms with Crippen LogP contribution in [0.5, 0.6) is 0 Å². The molecule has 0 aliphatic heterocycles. The van der Waals surface area contributed by atoms with Crippen LogP contribution in [-0.4, -0.2) is 15.0 Å². The molecule has 1 aromatic rings. The van der Waals surface area contributed by atoms with Crippen LogP contribution >= 0.6 is 0 Å². The second kappa shape index (κ2) is 3.25. The highest BCUT2D eigenvalue weighted by Gasteiger charge is 2.17. The lowest BCUT2D eigenvalue weighted by atomic mass is 9.85. The number of aryl methyl sites for hydroxylation is 1. The Morgan fingerprint density at radius 3 is 2.58 bits per heavy atom. The van der Waals surface area contributed by atoms with Crippen LogP contribution in [0.15, 0.2) is 6.20 Å². The van der Waals surface area contributed by atoms with Gasteiger partial charge in [0.1, 0.15) is 0 Å². The first-order valence-electron chi connectivity index (χ1n) is 4.39. The van der Waals surface area contributed by atoms with Crippen LogP contribution in [0.25, 0.3) is 0 Å². The molecule has 0 unspecified atom stereocenters. The van der Waals surface area contributed by atoms with Crippen molar-refractivity contribution in [2.75, 3.05) is 0 Å². The van der Waals surface area contributed by atoms with Gasteiger partial charge < -0.3 is 0 Å². The quantitative estimate of drug-likeness (QED) is 0.687. The topological polar surface area (TPSA) is 30.7 Å². The Morgan fingerprint density at radius 2 is 2.17 bits per heavy atom. The van der Waals surface area contributed by atoms with Crippen molar-refractivity contribution in [1.29, 1.82) is 0 Å². The third-order valence-corrected chi connectivity index (χ3v) is 2.27. The second-order valence-corrected chi connectivity index (χ2v) is 4.08. The van der Waals surface area contributed by atoms with Gasteiger partial charge in [-0.3, -0.25) is 4.68 Å². The molecule has 0 bridgehead atoms. The van der Waals surface area contributed by atoms with Crippen LogP contribution in [0.2, 0.25) is 0 Å². The molecule has 0 fully saturated rings. The summed E-state index contributed by atoms with van der Waals surface area (Å²) in [5.41, 5.74) is 1.43. The fourth-order valence-corrected chi connectivity index (χ4v) is 1.09. The molecule has 1 rings (SSSR count). The number of nitrogens with zero attached hydrogens (tertiary/aromatic N) is 3. The smallest absolute Gasteiger partial charge is 0.0832 e. The predicted octanol–water partition coefficient (Wildman–Crippen LogP) is 1.79. The van der Waals surface area contributed by atoms with E-state index in [1.54, 1.807) is 4.68 Å². The minimum atomic E-state index is 0.343. The Morgan fingerprint density at radius 1 is 1.50 bits per heavy atom. The van der Waals surface area contributed by atoms with E-state index in [2.05, 4.69) is 31.1 Å². The second-order valence-electron chi connectivity index (χ2n) is 4.08. The molecule has 0 N–H and O–H groups in total. The summed E-state index contributed by atoms with van der Waals surface area (Å²) in [7, 11) is 1.90. The summed E-state index contributed by atoms with van der Waals surface area (Å²) >= 11 is 0. The molecule has 1 aromatic heterocycles. The molecule has 12 heavy (non-hydrogen) atoms. The molecule has 0 saturated heterocycles. The zero-order chi connectivity index (χ0) is 9.19. The standard InChI is InChI=1S/C9H17N3/c1-5-9(2,3)6-8-7-12(4)11-10-8/h7H,5-6H2,1-4H3. The largest absolute Gasteiger partial charge is 0.255 e. The van der Waals surface area contributed by atoms with Gasteiger partial charge in [0.15, 0.2) is 0 Å². The molecule has 0 atom stereocenters. The minimum absolute atomic E-state index is 0.343. The SMILES string of the molecule is CCC(C)(C)Cc1cn(C)nn1. The van der Waals surface area contributed by atoms with E-state index in [1.165, 1.54) is 6.42 Å². The highest BCUT2D eigenvalue weighted by Crippen LogP contribution is 2.23. The van der Waals surface area contributed by atoms with Crippen molar-refractivity contribution in [2.45, 2.75) is 33.6 Å². The van der Waals surface area contributed by atoms with E-state index in [0.29, 0.717) is 5.41 Å². The molecule has 3 heteroatoms. The minimum Gasteiger partial charge on any atom is -0.255 e. The molecule has 0 radical (unpaired) electrons. The number of hydrogen-bond donors (Lipinski definition) is 0. The van der Waals surface area contributed by atoms with Gasteiger partial charge in [0.25, 0.3) is 0 Å². The number of rotatable bonds is 3. The van der Waals surface area contributed by atoms with E-state index in [9.17, 15) is 0 Å². The van der Waals surface area contributed by atoms with Gasteiger partial charge in [-0.05, 0) is 11.8 Å². The van der Waals surface area contributed by atoms with Crippen LogP contribution in [-0.2, 0) is 13.5 Å². The van der Waals surface area contributed by atoms with E-state index in [1.807, 2.05) is 13.2 Å². The van der Waals surface area contributed by atoms with Crippen LogP contribution in [0.1, 0.15) is 32.9 Å². The summed E-state index contributed by atoms with van der Waals surface area (Å²) in [5, 5.41) is 7.96. The van der Waals surface area contributed by atoms with E-state index in [-0.39, 0.29) is 0 Å². The summed E-state index contributed by atoms with van der Waals surface area (Å²) in [6.07, 6.45) is 4.17. The lowest BCUT2D eigenvalue weighted by Gasteiger charge is -2.20. The molecule has 0 aromatic carbocycles. The Balaban J connectivity index is 2.63. The van der Waals surface area contributed by atoms with Crippen LogP contribution in [0, 0.1) is 5.41 Å². The third-order valence-electron chi connectivity index (χ3n) is 2.27. The lowest BCUT2D eigenvalue weighted by Crippen LogP contribution is -2.13. The normalized spacial score (nSPS) is 12.0. The van der Waals surface area contributed by atoms with Gasteiger partial charge in [0, 0.05) is 13.2 Å². The molecular formula is C9H17N3. The molecular weight excluding hydrogens is 150 g/mol. The Bertz CT molecular complexity index is 250. The maximum absolute atomic E-state index is 4.06. The Hall–Kier alpha value is -0.860. The average molecular weight is 167 g/mol. The van der Waals surface area contributed by atoms with Crippen molar-refractivity contribution in [3.63, 3.8) is 0 Å². The Labute approximate surface area is 73.8 Å². The summed E-state index contributed by atoms with van der Waals surface area (Å²) in [6, 6.07) is 0. The molecule has 0 amide bonds. The van der Waals surface area contributed by atoms with Crippen molar-refractivity contribution in [3.05, 3.63) is 11.9 Å². The highest BCUT2D eigenvalue weighted by atomic mass is 15.4. The average Bonchev–Trinajstić information content (AvgIpc) is 2.35. The van der Waals surface area contributed by atoms with Gasteiger partial charge in [0.05, 0.1) is 5.69 Å². The van der Waals surface area contributed by atoms with Gasteiger partial charge in [-0.1, -0.05) is 32.4 Å². The van der Waals surface area contributed by atoms with E-state index in [4.69, 9.17) is 0 Å². The van der Waals surface area contributed by atoms with Crippen molar-refractivity contribution in [1.82, 2.24) is 15.0 Å². The molecule has 0 spiro atoms. The van der Waals surface area contributed by atoms with Gasteiger partial charge in [-0.25, -0.2) is 0 Å². The van der Waals surface area contributed by atoms with Crippen molar-refractivity contribution in [2.24, 2.45) is 12.5 Å². The zero-order valence-electron chi connectivity index (χ0n) is 8.33. The fraction of sp³-hybridized carbons (Fsp3) is 0.778. The summed E-state index contributed by atoms with van der Waals surface area (Å²) in [6.45, 7) is 6.71. The maximum atomic E-state index is 4.06. The molecule has 3 nitrogen and oxygen atoms in total. The van der Waals surface area contributed by atoms with Crippen LogP contribution in [0.4, 0.5) is 0 Å². The first-order valence-corrected chi connectivity index (χ1v) is 4.39. The first kappa shape index (κ1) is 9.23. The number of aromatic nitrogens is 3. The van der Waals surface area contributed by atoms with Crippen LogP contribution < -0.4 is 0 Å². The number of hydrogen-bond acceptors (Lipinski definition) is 2. The van der Waals surface area contributed by atoms with Gasteiger partial charge in [0.2, 0.25) is 0 Å². The first-order chi connectivity index (χ1) is 5.53. The zero-order valence-corrected chi connectivity index (χ0v) is 8.33. The van der Waals surface area contributed by atoms with Crippen molar-refractivity contribution >= 4 is 0 Å². The highest BCUT2D eigenvalue weighted by molar-refractivity contribution is 4.96. The van der Waals surface area contributed by atoms with E-state index < -0.39 is 0 Å². The van der Waals surface area contributed by atoms with Crippen molar-refractivity contribution < 1.29 is 0 Å². The molecule has 1 heterocycles. The molecule has 0 saturated carbocycles. The predicted molar refractivity (Wildman–Crippen MR) is 48.8 cm³/mol. The van der Waals surface area contributed by atoms with E-state index in [0.717, 1.165) is 12.1 Å². The summed E-state index contributed by atoms with van der Waals surface area (Å²) in [5.74, 6) is 0. The third kappa shape index (κ3) is 2.32. The summed E-state index contributed by atoms with van der Waals surface area (Å²) < 4.78 is 1.75. The van der Waals surface area contributed by atoms with Gasteiger partial charge in [-0.15, -0.1) is 5.10 Å². The molecule has 0 aliphatic carbocycles. The lowest BCUT2D eigenvalue weighted by molar-refractivity contribution is 0.345.